The van der Waals surface area contributed by atoms with Gasteiger partial charge in [-0.3, -0.25) is 4.79 Å². The predicted molar refractivity (Wildman–Crippen MR) is 75.4 cm³/mol. The average Bonchev–Trinajstić information content (AvgIpc) is 2.72. The molecule has 0 saturated carbocycles. The Balaban J connectivity index is 2.11. The molecule has 0 radical (unpaired) electrons. The summed E-state index contributed by atoms with van der Waals surface area (Å²) in [5.41, 5.74) is 6.21. The molecule has 3 heteroatoms. The van der Waals surface area contributed by atoms with Gasteiger partial charge in [0, 0.05) is 16.6 Å². The largest absolute Gasteiger partial charge is 0.469 e. The summed E-state index contributed by atoms with van der Waals surface area (Å²) in [5, 5.41) is 1.18. The highest BCUT2D eigenvalue weighted by Crippen LogP contribution is 2.30. The number of methoxy groups -OCH3 is 1. The number of benzene rings is 1. The summed E-state index contributed by atoms with van der Waals surface area (Å²) in [4.78, 5) is 14.9. The summed E-state index contributed by atoms with van der Waals surface area (Å²) in [6.07, 6.45) is 5.24. The number of ether oxygens (including phenoxy) is 1. The Bertz CT molecular complexity index is 640. The fourth-order valence-electron chi connectivity index (χ4n) is 3.06. The minimum Gasteiger partial charge on any atom is -0.469 e. The highest BCUT2D eigenvalue weighted by Gasteiger charge is 2.16. The van der Waals surface area contributed by atoms with Crippen LogP contribution in [0.15, 0.2) is 12.1 Å². The second-order valence-electron chi connectivity index (χ2n) is 5.36. The molecule has 1 N–H and O–H groups in total. The molecule has 0 atom stereocenters. The van der Waals surface area contributed by atoms with Gasteiger partial charge in [-0.05, 0) is 61.4 Å². The zero-order valence-electron chi connectivity index (χ0n) is 11.5. The normalized spacial score (nSPS) is 14.4. The third-order valence-corrected chi connectivity index (χ3v) is 4.13. The van der Waals surface area contributed by atoms with E-state index in [2.05, 4.69) is 17.1 Å². The van der Waals surface area contributed by atoms with Crippen LogP contribution in [-0.2, 0) is 28.8 Å². The van der Waals surface area contributed by atoms with Gasteiger partial charge in [0.15, 0.2) is 0 Å². The lowest BCUT2D eigenvalue weighted by molar-refractivity contribution is -0.139. The summed E-state index contributed by atoms with van der Waals surface area (Å²) in [5.74, 6) is -0.179. The fourth-order valence-corrected chi connectivity index (χ4v) is 3.06. The van der Waals surface area contributed by atoms with Crippen molar-refractivity contribution in [2.75, 3.05) is 7.11 Å². The molecule has 0 bridgehead atoms. The predicted octanol–water partition coefficient (Wildman–Crippen LogP) is 3.07. The number of hydrogen-bond acceptors (Lipinski definition) is 2. The maximum atomic E-state index is 11.5. The van der Waals surface area contributed by atoms with Crippen LogP contribution in [0.5, 0.6) is 0 Å². The maximum Gasteiger partial charge on any atom is 0.310 e. The van der Waals surface area contributed by atoms with E-state index in [0.29, 0.717) is 6.42 Å². The molecule has 3 nitrogen and oxygen atoms in total. The quantitative estimate of drug-likeness (QED) is 0.840. The lowest BCUT2D eigenvalue weighted by atomic mass is 9.90. The van der Waals surface area contributed by atoms with Gasteiger partial charge in [-0.1, -0.05) is 0 Å². The Morgan fingerprint density at radius 2 is 1.95 bits per heavy atom. The lowest BCUT2D eigenvalue weighted by Crippen LogP contribution is -2.05. The first-order chi connectivity index (χ1) is 9.19. The first-order valence-electron chi connectivity index (χ1n) is 6.89. The first-order valence-corrected chi connectivity index (χ1v) is 6.89. The summed E-state index contributed by atoms with van der Waals surface area (Å²) in [7, 11) is 1.44. The number of aryl methyl sites for hydroxylation is 3. The van der Waals surface area contributed by atoms with Gasteiger partial charge in [0.25, 0.3) is 0 Å². The Hall–Kier alpha value is -1.77. The van der Waals surface area contributed by atoms with E-state index in [1.807, 2.05) is 6.92 Å². The van der Waals surface area contributed by atoms with E-state index in [1.165, 1.54) is 42.9 Å². The molecule has 1 aliphatic rings. The Labute approximate surface area is 113 Å². The molecule has 19 heavy (non-hydrogen) atoms. The van der Waals surface area contributed by atoms with Gasteiger partial charge in [-0.25, -0.2) is 0 Å². The zero-order chi connectivity index (χ0) is 13.4. The van der Waals surface area contributed by atoms with E-state index in [-0.39, 0.29) is 5.97 Å². The van der Waals surface area contributed by atoms with Crippen molar-refractivity contribution in [3.63, 3.8) is 0 Å². The molecular weight excluding hydrogens is 238 g/mol. The second kappa shape index (κ2) is 4.72. The molecule has 0 aliphatic heterocycles. The number of rotatable bonds is 2. The van der Waals surface area contributed by atoms with Crippen LogP contribution in [-0.4, -0.2) is 18.1 Å². The van der Waals surface area contributed by atoms with E-state index in [9.17, 15) is 4.79 Å². The van der Waals surface area contributed by atoms with Crippen LogP contribution in [0.1, 0.15) is 35.2 Å². The molecular formula is C16H19NO2. The molecule has 3 rings (SSSR count). The van der Waals surface area contributed by atoms with Gasteiger partial charge in [0.2, 0.25) is 0 Å². The molecule has 100 valence electrons. The van der Waals surface area contributed by atoms with Crippen molar-refractivity contribution in [2.45, 2.75) is 39.0 Å². The lowest BCUT2D eigenvalue weighted by Gasteiger charge is -2.15. The van der Waals surface area contributed by atoms with E-state index in [0.717, 1.165) is 23.2 Å². The van der Waals surface area contributed by atoms with Gasteiger partial charge in [0.1, 0.15) is 0 Å². The van der Waals surface area contributed by atoms with Crippen molar-refractivity contribution in [2.24, 2.45) is 0 Å². The minimum absolute atomic E-state index is 0.179. The number of H-pyrrole nitrogens is 1. The Morgan fingerprint density at radius 1 is 1.26 bits per heavy atom. The van der Waals surface area contributed by atoms with Crippen LogP contribution >= 0.6 is 0 Å². The molecule has 0 spiro atoms. The van der Waals surface area contributed by atoms with Crippen LogP contribution in [0.2, 0.25) is 0 Å². The summed E-state index contributed by atoms with van der Waals surface area (Å²) < 4.78 is 4.79. The number of aromatic amines is 1. The number of fused-ring (bicyclic) bond motifs is 2. The molecule has 2 aromatic rings. The third-order valence-electron chi connectivity index (χ3n) is 4.13. The van der Waals surface area contributed by atoms with Crippen LogP contribution in [0.25, 0.3) is 10.9 Å². The van der Waals surface area contributed by atoms with Gasteiger partial charge in [0.05, 0.1) is 13.5 Å². The number of aromatic nitrogens is 1. The van der Waals surface area contributed by atoms with Crippen molar-refractivity contribution in [1.82, 2.24) is 4.98 Å². The molecule has 1 aliphatic carbocycles. The summed E-state index contributed by atoms with van der Waals surface area (Å²) in [6, 6.07) is 4.53. The van der Waals surface area contributed by atoms with E-state index >= 15 is 0 Å². The number of esters is 1. The van der Waals surface area contributed by atoms with Gasteiger partial charge < -0.3 is 9.72 Å². The monoisotopic (exact) mass is 257 g/mol. The number of hydrogen-bond donors (Lipinski definition) is 1. The summed E-state index contributed by atoms with van der Waals surface area (Å²) in [6.45, 7) is 2.03. The highest BCUT2D eigenvalue weighted by atomic mass is 16.5. The van der Waals surface area contributed by atoms with Crippen molar-refractivity contribution in [3.8, 4) is 0 Å². The molecule has 0 fully saturated rings. The highest BCUT2D eigenvalue weighted by molar-refractivity contribution is 5.89. The average molecular weight is 257 g/mol. The Kier molecular flexibility index (Phi) is 3.05. The van der Waals surface area contributed by atoms with E-state index < -0.39 is 0 Å². The van der Waals surface area contributed by atoms with Crippen molar-refractivity contribution < 1.29 is 9.53 Å². The number of carbonyl (C=O) groups excluding carboxylic acids is 1. The van der Waals surface area contributed by atoms with E-state index in [4.69, 9.17) is 4.74 Å². The fraction of sp³-hybridized carbons (Fsp3) is 0.438. The van der Waals surface area contributed by atoms with Gasteiger partial charge >= 0.3 is 5.97 Å². The van der Waals surface area contributed by atoms with Crippen LogP contribution in [0, 0.1) is 6.92 Å². The molecule has 0 unspecified atom stereocenters. The van der Waals surface area contributed by atoms with Crippen molar-refractivity contribution in [3.05, 3.63) is 34.5 Å². The van der Waals surface area contributed by atoms with Crippen LogP contribution in [0.4, 0.5) is 0 Å². The van der Waals surface area contributed by atoms with Crippen LogP contribution in [0.3, 0.4) is 0 Å². The topological polar surface area (TPSA) is 42.1 Å². The van der Waals surface area contributed by atoms with Gasteiger partial charge in [-0.2, -0.15) is 0 Å². The SMILES string of the molecule is COC(=O)Cc1c(C)[nH]c2cc3c(cc12)CCCC3. The molecule has 0 amide bonds. The Morgan fingerprint density at radius 3 is 2.63 bits per heavy atom. The van der Waals surface area contributed by atoms with Crippen LogP contribution < -0.4 is 0 Å². The third kappa shape index (κ3) is 2.14. The molecule has 1 aromatic heterocycles. The second-order valence-corrected chi connectivity index (χ2v) is 5.36. The smallest absolute Gasteiger partial charge is 0.310 e. The minimum atomic E-state index is -0.179. The number of carbonyl (C=O) groups is 1. The molecule has 0 saturated heterocycles. The standard InChI is InChI=1S/C16H19NO2/c1-10-13(9-16(18)19-2)14-7-11-5-3-4-6-12(11)8-15(14)17-10/h7-8,17H,3-6,9H2,1-2H3. The molecule has 1 heterocycles. The zero-order valence-corrected chi connectivity index (χ0v) is 11.5. The molecule has 1 aromatic carbocycles. The van der Waals surface area contributed by atoms with E-state index in [1.54, 1.807) is 0 Å². The summed E-state index contributed by atoms with van der Waals surface area (Å²) >= 11 is 0. The maximum absolute atomic E-state index is 11.5. The van der Waals surface area contributed by atoms with Crippen molar-refractivity contribution >= 4 is 16.9 Å². The van der Waals surface area contributed by atoms with Crippen molar-refractivity contribution in [1.29, 1.82) is 0 Å². The van der Waals surface area contributed by atoms with Gasteiger partial charge in [-0.15, -0.1) is 0 Å². The first kappa shape index (κ1) is 12.3. The number of nitrogens with one attached hydrogen (secondary N) is 1.